The Kier molecular flexibility index (Phi) is 17.0. The minimum absolute atomic E-state index is 0.0385. The minimum atomic E-state index is -4.62. The molecule has 2 aromatic heterocycles. The molecule has 0 bridgehead atoms. The highest BCUT2D eigenvalue weighted by atomic mass is 19.4. The first-order valence-corrected chi connectivity index (χ1v) is 21.8. The molecule has 0 unspecified atom stereocenters. The fourth-order valence-corrected chi connectivity index (χ4v) is 7.70. The maximum absolute atomic E-state index is 13.8. The van der Waals surface area contributed by atoms with Gasteiger partial charge in [0.1, 0.15) is 23.1 Å². The number of ether oxygens (including phenoxy) is 2. The van der Waals surface area contributed by atoms with Crippen LogP contribution in [-0.4, -0.2) is 131 Å². The number of hydrogen-bond donors (Lipinski definition) is 0. The number of anilines is 2. The summed E-state index contributed by atoms with van der Waals surface area (Å²) < 4.78 is 117. The van der Waals surface area contributed by atoms with E-state index in [1.165, 1.54) is 26.0 Å². The topological polar surface area (TPSA) is 172 Å². The summed E-state index contributed by atoms with van der Waals surface area (Å²) >= 11 is 0. The van der Waals surface area contributed by atoms with Crippen LogP contribution in [0.2, 0.25) is 0 Å². The molecule has 26 heteroatoms. The van der Waals surface area contributed by atoms with Gasteiger partial charge in [0.15, 0.2) is 13.2 Å². The van der Waals surface area contributed by atoms with E-state index in [0.29, 0.717) is 98.4 Å². The van der Waals surface area contributed by atoms with Gasteiger partial charge in [0, 0.05) is 101 Å². The summed E-state index contributed by atoms with van der Waals surface area (Å²) in [7, 11) is 0. The van der Waals surface area contributed by atoms with Crippen molar-refractivity contribution in [3.05, 3.63) is 125 Å². The number of alkyl halides is 6. The Balaban J connectivity index is 0.974. The van der Waals surface area contributed by atoms with Crippen LogP contribution in [-0.2, 0) is 22.7 Å². The van der Waals surface area contributed by atoms with Gasteiger partial charge >= 0.3 is 35.7 Å². The Bertz CT molecular complexity index is 2600. The number of carbonyl (C=O) groups excluding carboxylic acids is 2. The second-order valence-corrected chi connectivity index (χ2v) is 16.3. The van der Waals surface area contributed by atoms with Crippen molar-refractivity contribution in [3.63, 3.8) is 0 Å². The Morgan fingerprint density at radius 1 is 0.557 bits per heavy atom. The molecular formula is C44H48F8N8O10. The van der Waals surface area contributed by atoms with Gasteiger partial charge in [-0.1, -0.05) is 0 Å². The van der Waals surface area contributed by atoms with Crippen molar-refractivity contribution in [2.24, 2.45) is 0 Å². The van der Waals surface area contributed by atoms with Crippen molar-refractivity contribution < 1.29 is 63.9 Å². The summed E-state index contributed by atoms with van der Waals surface area (Å²) in [6.45, 7) is 3.44. The number of piperazine rings is 2. The predicted molar refractivity (Wildman–Crippen MR) is 234 cm³/mol. The number of aromatic nitrogens is 4. The van der Waals surface area contributed by atoms with E-state index in [4.69, 9.17) is 19.1 Å². The molecule has 4 heterocycles. The number of halogens is 8. The predicted octanol–water partition coefficient (Wildman–Crippen LogP) is 2.70. The van der Waals surface area contributed by atoms with Crippen molar-refractivity contribution in [2.75, 3.05) is 88.5 Å². The third-order valence-electron chi connectivity index (χ3n) is 11.1. The summed E-state index contributed by atoms with van der Waals surface area (Å²) in [6.07, 6.45) is -5.46. The van der Waals surface area contributed by atoms with E-state index >= 15 is 0 Å². The highest BCUT2D eigenvalue weighted by Crippen LogP contribution is 2.33. The molecule has 0 saturated carbocycles. The second kappa shape index (κ2) is 22.6. The van der Waals surface area contributed by atoms with Crippen LogP contribution >= 0.6 is 0 Å². The molecule has 380 valence electrons. The maximum atomic E-state index is 13.8. The Labute approximate surface area is 392 Å². The fraction of sp³-hybridized carbons (Fsp3) is 0.455. The molecule has 2 fully saturated rings. The lowest BCUT2D eigenvalue weighted by Crippen LogP contribution is -2.47. The van der Waals surface area contributed by atoms with E-state index in [1.54, 1.807) is 9.80 Å². The molecule has 0 aliphatic carbocycles. The first kappa shape index (κ1) is 52.4. The van der Waals surface area contributed by atoms with Crippen LogP contribution in [0.4, 0.5) is 46.5 Å². The van der Waals surface area contributed by atoms with Crippen molar-refractivity contribution in [2.45, 2.75) is 52.1 Å². The SMILES string of the molecule is Cc1cn(OC(=O)/C=C/C(=O)On2cc(C)c(=O)n(CCCN3CCN(c4ccc(F)cc4OCC(F)(F)F)CC3)c2=O)c(=O)n(CCCN2CCN(c3ccc(F)cc3OCC(F)(F)F)CC2)c1=O. The van der Waals surface area contributed by atoms with Gasteiger partial charge in [0.2, 0.25) is 0 Å². The fourth-order valence-electron chi connectivity index (χ4n) is 7.70. The van der Waals surface area contributed by atoms with E-state index in [-0.39, 0.29) is 48.6 Å². The smallest absolute Gasteiger partial charge is 0.422 e. The molecule has 18 nitrogen and oxygen atoms in total. The second-order valence-electron chi connectivity index (χ2n) is 16.3. The highest BCUT2D eigenvalue weighted by Gasteiger charge is 2.31. The zero-order chi connectivity index (χ0) is 50.9. The maximum Gasteiger partial charge on any atom is 0.422 e. The van der Waals surface area contributed by atoms with Gasteiger partial charge in [-0.2, -0.15) is 26.3 Å². The highest BCUT2D eigenvalue weighted by molar-refractivity contribution is 5.91. The number of carbonyl (C=O) groups is 2. The zero-order valence-corrected chi connectivity index (χ0v) is 37.8. The molecule has 0 amide bonds. The summed E-state index contributed by atoms with van der Waals surface area (Å²) in [6, 6.07) is 6.72. The number of benzene rings is 2. The number of aryl methyl sites for hydroxylation is 2. The molecule has 2 saturated heterocycles. The van der Waals surface area contributed by atoms with E-state index in [2.05, 4.69) is 0 Å². The third kappa shape index (κ3) is 14.3. The first-order valence-electron chi connectivity index (χ1n) is 21.8. The average molecular weight is 1000 g/mol. The summed E-state index contributed by atoms with van der Waals surface area (Å²) in [5.41, 5.74) is -2.62. The quantitative estimate of drug-likeness (QED) is 0.105. The molecule has 0 N–H and O–H groups in total. The van der Waals surface area contributed by atoms with Gasteiger partial charge in [-0.05, 0) is 64.0 Å². The average Bonchev–Trinajstić information content (AvgIpc) is 3.30. The van der Waals surface area contributed by atoms with Crippen molar-refractivity contribution in [1.82, 2.24) is 28.4 Å². The Hall–Kier alpha value is -6.96. The Morgan fingerprint density at radius 3 is 1.26 bits per heavy atom. The molecule has 0 spiro atoms. The lowest BCUT2D eigenvalue weighted by Gasteiger charge is -2.36. The minimum Gasteiger partial charge on any atom is -0.482 e. The van der Waals surface area contributed by atoms with Crippen LogP contribution in [0.1, 0.15) is 24.0 Å². The molecule has 2 aliphatic heterocycles. The van der Waals surface area contributed by atoms with Crippen molar-refractivity contribution in [3.8, 4) is 11.5 Å². The van der Waals surface area contributed by atoms with Crippen molar-refractivity contribution >= 4 is 23.3 Å². The summed E-state index contributed by atoms with van der Waals surface area (Å²) in [5, 5.41) is 0. The van der Waals surface area contributed by atoms with E-state index in [1.807, 2.05) is 9.80 Å². The third-order valence-corrected chi connectivity index (χ3v) is 11.1. The largest absolute Gasteiger partial charge is 0.482 e. The lowest BCUT2D eigenvalue weighted by molar-refractivity contribution is -0.154. The van der Waals surface area contributed by atoms with E-state index in [9.17, 15) is 63.9 Å². The molecule has 4 aromatic rings. The number of hydrogen-bond acceptors (Lipinski definition) is 14. The van der Waals surface area contributed by atoms with Gasteiger partial charge in [-0.15, -0.1) is 9.46 Å². The molecular weight excluding hydrogens is 953 g/mol. The summed E-state index contributed by atoms with van der Waals surface area (Å²) in [4.78, 5) is 95.4. The molecule has 0 radical (unpaired) electrons. The monoisotopic (exact) mass is 1000 g/mol. The van der Waals surface area contributed by atoms with Crippen LogP contribution in [0.3, 0.4) is 0 Å². The van der Waals surface area contributed by atoms with Gasteiger partial charge < -0.3 is 28.9 Å². The van der Waals surface area contributed by atoms with Crippen LogP contribution in [0.25, 0.3) is 0 Å². The van der Waals surface area contributed by atoms with Gasteiger partial charge in [-0.3, -0.25) is 28.5 Å². The molecule has 6 rings (SSSR count). The van der Waals surface area contributed by atoms with Crippen LogP contribution in [0, 0.1) is 25.5 Å². The molecule has 0 atom stereocenters. The van der Waals surface area contributed by atoms with Gasteiger partial charge in [-0.25, -0.2) is 28.0 Å². The Morgan fingerprint density at radius 2 is 0.914 bits per heavy atom. The van der Waals surface area contributed by atoms with E-state index < -0.39 is 71.6 Å². The molecule has 2 aromatic carbocycles. The molecule has 2 aliphatic rings. The van der Waals surface area contributed by atoms with Crippen LogP contribution in [0.5, 0.6) is 11.5 Å². The standard InChI is InChI=1S/C44H48F8N8O10/c1-29-25-59(41(65)57(39(29)63)13-3-11-53-15-19-55(20-16-53)33-7-5-31(45)23-35(33)67-27-43(47,48)49)69-37(61)9-10-38(62)70-60-26-30(2)40(64)58(42(60)66)14-4-12-54-17-21-56(22-18-54)34-8-6-32(46)24-36(34)68-28-44(50,51)52/h5-10,23-26H,3-4,11-22,27-28H2,1-2H3/b10-9+. The molecule has 70 heavy (non-hydrogen) atoms. The first-order chi connectivity index (χ1) is 33.0. The normalized spacial score (nSPS) is 15.1. The van der Waals surface area contributed by atoms with Gasteiger partial charge in [0.05, 0.1) is 23.8 Å². The van der Waals surface area contributed by atoms with Crippen molar-refractivity contribution in [1.29, 1.82) is 0 Å². The summed E-state index contributed by atoms with van der Waals surface area (Å²) in [5.74, 6) is -4.46. The lowest BCUT2D eigenvalue weighted by atomic mass is 10.2. The van der Waals surface area contributed by atoms with Gasteiger partial charge in [0.25, 0.3) is 11.1 Å². The van der Waals surface area contributed by atoms with Crippen LogP contribution < -0.4 is 51.4 Å². The van der Waals surface area contributed by atoms with Crippen LogP contribution in [0.15, 0.2) is 80.1 Å². The number of nitrogens with zero attached hydrogens (tertiary/aromatic N) is 8. The number of rotatable bonds is 18. The van der Waals surface area contributed by atoms with E-state index in [0.717, 1.165) is 45.8 Å². The zero-order valence-electron chi connectivity index (χ0n) is 37.8.